The van der Waals surface area contributed by atoms with E-state index in [2.05, 4.69) is 57.3 Å². The fourth-order valence-electron chi connectivity index (χ4n) is 6.64. The van der Waals surface area contributed by atoms with Crippen LogP contribution in [0.1, 0.15) is 39.3 Å². The van der Waals surface area contributed by atoms with Crippen LogP contribution in [-0.4, -0.2) is 115 Å². The van der Waals surface area contributed by atoms with Gasteiger partial charge in [0, 0.05) is 44.1 Å². The van der Waals surface area contributed by atoms with Crippen molar-refractivity contribution in [3.63, 3.8) is 0 Å². The van der Waals surface area contributed by atoms with Crippen LogP contribution in [-0.2, 0) is 22.7 Å². The molecule has 6 aromatic rings. The minimum Gasteiger partial charge on any atom is -0.445 e. The fraction of sp³-hybridized carbons (Fsp3) is 0.317. The van der Waals surface area contributed by atoms with Gasteiger partial charge in [-0.05, 0) is 43.0 Å². The Balaban J connectivity index is 0.000000198. The first-order chi connectivity index (χ1) is 30.3. The molecule has 2 fully saturated rings. The van der Waals surface area contributed by atoms with Gasteiger partial charge in [-0.15, -0.1) is 0 Å². The normalized spacial score (nSPS) is 17.7. The molecule has 8 rings (SSSR count). The maximum Gasteiger partial charge on any atom is 0.410 e. The number of anilines is 1. The van der Waals surface area contributed by atoms with E-state index in [1.54, 1.807) is 12.4 Å². The first kappa shape index (κ1) is 49.1. The van der Waals surface area contributed by atoms with Crippen LogP contribution in [0, 0.1) is 11.8 Å². The Morgan fingerprint density at radius 1 is 0.719 bits per heavy atom. The molecule has 6 heterocycles. The van der Waals surface area contributed by atoms with Crippen LogP contribution in [0.4, 0.5) is 24.1 Å². The summed E-state index contributed by atoms with van der Waals surface area (Å²) < 4.78 is 40.9. The lowest BCUT2D eigenvalue weighted by Crippen LogP contribution is -2.33. The van der Waals surface area contributed by atoms with E-state index < -0.39 is 49.3 Å². The molecule has 0 saturated carbocycles. The Kier molecular flexibility index (Phi) is 17.3. The molecule has 2 saturated heterocycles. The lowest BCUT2D eigenvalue weighted by Gasteiger charge is -2.20. The third-order valence-electron chi connectivity index (χ3n) is 9.98. The number of rotatable bonds is 10. The molecule has 4 amide bonds. The second kappa shape index (κ2) is 22.6. The number of nitrogens with one attached hydrogen (secondary N) is 1. The number of carbonyl (C=O) groups is 4. The molecular weight excluding hydrogens is 990 g/mol. The Labute approximate surface area is 387 Å². The van der Waals surface area contributed by atoms with Gasteiger partial charge in [0.1, 0.15) is 22.4 Å². The highest BCUT2D eigenvalue weighted by Gasteiger charge is 2.37. The molecule has 2 aliphatic heterocycles. The number of likely N-dealkylation sites (tertiary alicyclic amines) is 2. The maximum atomic E-state index is 13.8. The van der Waals surface area contributed by atoms with E-state index in [1.165, 1.54) is 31.2 Å². The molecule has 7 N–H and O–H groups in total. The van der Waals surface area contributed by atoms with E-state index in [-0.39, 0.29) is 61.8 Å². The number of fused-ring (bicyclic) bond motifs is 2. The van der Waals surface area contributed by atoms with E-state index >= 15 is 0 Å². The van der Waals surface area contributed by atoms with Crippen LogP contribution in [0.5, 0.6) is 0 Å². The third-order valence-corrected chi connectivity index (χ3v) is 11.1. The van der Waals surface area contributed by atoms with Gasteiger partial charge in [0.25, 0.3) is 11.8 Å². The van der Waals surface area contributed by atoms with Crippen molar-refractivity contribution in [2.45, 2.75) is 32.7 Å². The third kappa shape index (κ3) is 12.2. The van der Waals surface area contributed by atoms with Gasteiger partial charge in [-0.2, -0.15) is 10.2 Å². The molecule has 4 aromatic heterocycles. The molecule has 18 nitrogen and oxygen atoms in total. The number of imidazole rings is 2. The van der Waals surface area contributed by atoms with Crippen LogP contribution in [0.2, 0.25) is 5.02 Å². The van der Waals surface area contributed by atoms with Gasteiger partial charge in [0.2, 0.25) is 0 Å². The van der Waals surface area contributed by atoms with Gasteiger partial charge in [-0.3, -0.25) is 18.4 Å². The van der Waals surface area contributed by atoms with Gasteiger partial charge in [-0.25, -0.2) is 28.6 Å². The predicted molar refractivity (Wildman–Crippen MR) is 241 cm³/mol. The number of primary amides is 2. The number of hydrogen-bond acceptors (Lipinski definition) is 12. The van der Waals surface area contributed by atoms with Crippen molar-refractivity contribution >= 4 is 84.4 Å². The molecular formula is C41H45Br2ClF2N12O6. The number of carbonyl (C=O) groups excluding carboxylic acids is 4. The molecule has 340 valence electrons. The van der Waals surface area contributed by atoms with E-state index in [9.17, 15) is 28.0 Å². The summed E-state index contributed by atoms with van der Waals surface area (Å²) in [5.74, 6) is -2.07. The topological polar surface area (TPSA) is 244 Å². The smallest absolute Gasteiger partial charge is 0.410 e. The first-order valence-corrected chi connectivity index (χ1v) is 21.1. The lowest BCUT2D eigenvalue weighted by atomic mass is 10.0. The average Bonchev–Trinajstić information content (AvgIpc) is 4.07. The second-order valence-electron chi connectivity index (χ2n) is 14.3. The summed E-state index contributed by atoms with van der Waals surface area (Å²) in [5.41, 5.74) is 19.5. The van der Waals surface area contributed by atoms with Crippen LogP contribution >= 0.6 is 43.5 Å². The molecule has 4 atom stereocenters. The Hall–Kier alpha value is -5.97. The molecule has 0 spiro atoms. The maximum absolute atomic E-state index is 13.8. The summed E-state index contributed by atoms with van der Waals surface area (Å²) in [6.07, 6.45) is 4.95. The minimum atomic E-state index is -0.689. The Morgan fingerprint density at radius 3 is 1.69 bits per heavy atom. The monoisotopic (exact) mass is 1030 g/mol. The van der Waals surface area contributed by atoms with Gasteiger partial charge >= 0.3 is 12.2 Å². The number of nitrogens with zero attached hydrogens (tertiary/aromatic N) is 8. The van der Waals surface area contributed by atoms with Gasteiger partial charge in [0.15, 0.2) is 11.3 Å². The van der Waals surface area contributed by atoms with E-state index in [0.717, 1.165) is 11.1 Å². The molecule has 0 bridgehead atoms. The van der Waals surface area contributed by atoms with Crippen molar-refractivity contribution in [3.8, 4) is 0 Å². The fourth-order valence-corrected chi connectivity index (χ4v) is 7.64. The molecule has 2 aromatic carbocycles. The summed E-state index contributed by atoms with van der Waals surface area (Å²) in [6, 6.07) is 18.0. The number of amides is 4. The SMILES string of the molecule is C.NC(=O)c1cnn2cc(Br)nc2c1Cl.NC(=O)c1cnn2cc(Br)nc2c1N[C@@H]1CN(C(=O)OCc2ccccc2)C[C@@H]1CF.N[C@@H]1CN(C(=O)OCc2ccccc2)C[C@@H]1CF. The number of aromatic nitrogens is 6. The zero-order chi connectivity index (χ0) is 45.2. The van der Waals surface area contributed by atoms with Crippen molar-refractivity contribution < 1.29 is 37.4 Å². The molecule has 0 unspecified atom stereocenters. The zero-order valence-electron chi connectivity index (χ0n) is 33.2. The van der Waals surface area contributed by atoms with Crippen molar-refractivity contribution in [2.24, 2.45) is 29.0 Å². The minimum absolute atomic E-state index is 0. The number of benzene rings is 2. The Bertz CT molecular complexity index is 2560. The highest BCUT2D eigenvalue weighted by atomic mass is 79.9. The van der Waals surface area contributed by atoms with Gasteiger partial charge < -0.3 is 41.8 Å². The molecule has 64 heavy (non-hydrogen) atoms. The molecule has 0 aliphatic carbocycles. The highest BCUT2D eigenvalue weighted by molar-refractivity contribution is 9.10. The van der Waals surface area contributed by atoms with Crippen molar-refractivity contribution in [1.29, 1.82) is 0 Å². The lowest BCUT2D eigenvalue weighted by molar-refractivity contribution is 0.0991. The summed E-state index contributed by atoms with van der Waals surface area (Å²) in [4.78, 5) is 58.4. The second-order valence-corrected chi connectivity index (χ2v) is 16.3. The summed E-state index contributed by atoms with van der Waals surface area (Å²) in [6.45, 7) is 0.311. The van der Waals surface area contributed by atoms with Crippen LogP contribution in [0.15, 0.2) is 94.7 Å². The van der Waals surface area contributed by atoms with Crippen LogP contribution in [0.3, 0.4) is 0 Å². The first-order valence-electron chi connectivity index (χ1n) is 19.1. The molecule has 23 heteroatoms. The molecule has 0 radical (unpaired) electrons. The van der Waals surface area contributed by atoms with Crippen molar-refractivity contribution in [3.05, 3.63) is 122 Å². The van der Waals surface area contributed by atoms with Crippen LogP contribution < -0.4 is 22.5 Å². The van der Waals surface area contributed by atoms with E-state index in [1.807, 2.05) is 60.7 Å². The average molecular weight is 1040 g/mol. The number of hydrogen-bond donors (Lipinski definition) is 4. The van der Waals surface area contributed by atoms with Crippen molar-refractivity contribution in [1.82, 2.24) is 39.0 Å². The largest absolute Gasteiger partial charge is 0.445 e. The summed E-state index contributed by atoms with van der Waals surface area (Å²) in [7, 11) is 0. The van der Waals surface area contributed by atoms with E-state index in [4.69, 9.17) is 38.3 Å². The standard InChI is InChI=1S/C20H20BrFN6O3.C13H17FN2O2.C7H4BrClN4O.CH4/c21-16-10-28-19(26-16)17(14(7-24-28)18(23)29)25-15-9-27(8-13(15)6-22)20(30)31-11-12-4-2-1-3-5-12;14-6-11-7-16(8-12(11)15)13(17)18-9-10-4-2-1-3-5-10;8-4-2-13-7(12-4)5(9)3(1-11-13)6(10)14;/h1-5,7,10,13,15,25H,6,8-9,11H2,(H2,23,29);1-5,11-12H,6-9,15H2;1-2H,(H2,10,14);1H4/t13-,15+;11-,12+;;/m00../s1. The van der Waals surface area contributed by atoms with Crippen LogP contribution in [0.25, 0.3) is 11.3 Å². The molecule has 2 aliphatic rings. The predicted octanol–water partition coefficient (Wildman–Crippen LogP) is 6.04. The van der Waals surface area contributed by atoms with Gasteiger partial charge in [-0.1, -0.05) is 79.7 Å². The zero-order valence-corrected chi connectivity index (χ0v) is 37.1. The number of nitrogens with two attached hydrogens (primary N) is 3. The highest BCUT2D eigenvalue weighted by Crippen LogP contribution is 2.28. The number of ether oxygens (including phenoxy) is 2. The van der Waals surface area contributed by atoms with E-state index in [0.29, 0.717) is 39.3 Å². The van der Waals surface area contributed by atoms with Gasteiger partial charge in [0.05, 0.1) is 66.0 Å². The Morgan fingerprint density at radius 2 is 1.19 bits per heavy atom. The number of halogens is 5. The summed E-state index contributed by atoms with van der Waals surface area (Å²) >= 11 is 12.4. The van der Waals surface area contributed by atoms with Crippen molar-refractivity contribution in [2.75, 3.05) is 44.8 Å². The number of alkyl halides is 2. The quantitative estimate of drug-likeness (QED) is 0.123. The summed E-state index contributed by atoms with van der Waals surface area (Å²) in [5, 5.41) is 11.4.